The number of methoxy groups -OCH3 is 2. The van der Waals surface area contributed by atoms with Gasteiger partial charge in [-0.15, -0.1) is 0 Å². The van der Waals surface area contributed by atoms with E-state index in [0.29, 0.717) is 60.2 Å². The number of sulfonamides is 1. The molecule has 1 saturated heterocycles. The maximum atomic E-state index is 13.6. The number of rotatable bonds is 10. The number of halogens is 1. The van der Waals surface area contributed by atoms with E-state index in [1.807, 2.05) is 44.9 Å². The molecule has 2 aliphatic heterocycles. The Balaban J connectivity index is 1.70. The first-order valence-corrected chi connectivity index (χ1v) is 14.9. The summed E-state index contributed by atoms with van der Waals surface area (Å²) < 4.78 is 39.6. The molecule has 9 heteroatoms. The van der Waals surface area contributed by atoms with Crippen molar-refractivity contribution in [2.75, 3.05) is 27.3 Å². The second-order valence-electron chi connectivity index (χ2n) is 10.3. The van der Waals surface area contributed by atoms with Crippen LogP contribution >= 0.6 is 11.6 Å². The highest BCUT2D eigenvalue weighted by molar-refractivity contribution is 7.93. The molecule has 2 heterocycles. The van der Waals surface area contributed by atoms with Gasteiger partial charge in [-0.2, -0.15) is 4.31 Å². The summed E-state index contributed by atoms with van der Waals surface area (Å²) in [5, 5.41) is 0.521. The van der Waals surface area contributed by atoms with E-state index in [0.717, 1.165) is 12.0 Å². The minimum atomic E-state index is -3.61. The Kier molecular flexibility index (Phi) is 10.1. The number of carbonyl (C=O) groups is 1. The molecular formula is C28H41ClN2O5S. The zero-order chi connectivity index (χ0) is 27.3. The third-order valence-electron chi connectivity index (χ3n) is 7.54. The molecule has 2 atom stereocenters. The molecule has 0 amide bonds. The molecule has 0 bridgehead atoms. The zero-order valence-corrected chi connectivity index (χ0v) is 24.4. The number of hydrogen-bond donors (Lipinski definition) is 0. The number of ketones is 1. The van der Waals surface area contributed by atoms with Crippen LogP contribution in [-0.4, -0.2) is 56.8 Å². The molecule has 3 rings (SSSR count). The predicted octanol–water partition coefficient (Wildman–Crippen LogP) is 5.96. The molecule has 0 spiro atoms. The largest absolute Gasteiger partial charge is 0.497 e. The summed E-state index contributed by atoms with van der Waals surface area (Å²) in [5.41, 5.74) is 0.818. The van der Waals surface area contributed by atoms with Crippen LogP contribution in [-0.2, 0) is 14.8 Å². The summed E-state index contributed by atoms with van der Waals surface area (Å²) in [5.74, 6) is 1.01. The molecule has 37 heavy (non-hydrogen) atoms. The Labute approximate surface area is 227 Å². The number of piperidine rings is 1. The third kappa shape index (κ3) is 6.70. The van der Waals surface area contributed by atoms with Crippen LogP contribution in [0.3, 0.4) is 0 Å². The Morgan fingerprint density at radius 1 is 1.16 bits per heavy atom. The van der Waals surface area contributed by atoms with Crippen LogP contribution < -0.4 is 9.47 Å². The molecule has 1 aromatic carbocycles. The fourth-order valence-electron chi connectivity index (χ4n) is 5.14. The van der Waals surface area contributed by atoms with Gasteiger partial charge in [0, 0.05) is 49.3 Å². The highest BCUT2D eigenvalue weighted by Crippen LogP contribution is 2.41. The standard InChI is InChI=1S/C28H41ClN2O5S/c1-7-21(28-24(29)16-23(35-5)17-26(28)36-6)15-25(32)22-10-13-31(14-11-22)37(33,34)27-18-30(19(2)3)12-8-9-20(27)4/h8,12,16-22H,7,9-11,13-15H2,1-6H3. The van der Waals surface area contributed by atoms with Gasteiger partial charge in [0.25, 0.3) is 0 Å². The molecule has 206 valence electrons. The van der Waals surface area contributed by atoms with Crippen molar-refractivity contribution in [1.82, 2.24) is 9.21 Å². The lowest BCUT2D eigenvalue weighted by molar-refractivity contribution is -0.124. The van der Waals surface area contributed by atoms with Crippen LogP contribution in [0.1, 0.15) is 71.3 Å². The molecule has 0 radical (unpaired) electrons. The number of nitrogens with zero attached hydrogens (tertiary/aromatic N) is 2. The van der Waals surface area contributed by atoms with E-state index in [2.05, 4.69) is 0 Å². The average molecular weight is 553 g/mol. The molecule has 1 aromatic rings. The van der Waals surface area contributed by atoms with Crippen molar-refractivity contribution in [1.29, 1.82) is 0 Å². The summed E-state index contributed by atoms with van der Waals surface area (Å²) in [6.45, 7) is 8.76. The van der Waals surface area contributed by atoms with Crippen LogP contribution in [0.15, 0.2) is 35.5 Å². The van der Waals surface area contributed by atoms with Crippen molar-refractivity contribution in [2.45, 2.75) is 71.8 Å². The van der Waals surface area contributed by atoms with Gasteiger partial charge in [-0.05, 0) is 63.6 Å². The average Bonchev–Trinajstić information content (AvgIpc) is 3.09. The summed E-state index contributed by atoms with van der Waals surface area (Å²) in [4.78, 5) is 15.7. The minimum Gasteiger partial charge on any atom is -0.497 e. The molecule has 0 N–H and O–H groups in total. The van der Waals surface area contributed by atoms with Gasteiger partial charge >= 0.3 is 0 Å². The molecular weight excluding hydrogens is 512 g/mol. The Hall–Kier alpha value is -2.03. The first kappa shape index (κ1) is 29.5. The van der Waals surface area contributed by atoms with E-state index in [1.54, 1.807) is 36.9 Å². The number of carbonyl (C=O) groups excluding carboxylic acids is 1. The maximum absolute atomic E-state index is 13.6. The Morgan fingerprint density at radius 2 is 1.84 bits per heavy atom. The van der Waals surface area contributed by atoms with Gasteiger partial charge in [0.1, 0.15) is 17.3 Å². The van der Waals surface area contributed by atoms with Gasteiger partial charge in [0.05, 0.1) is 24.1 Å². The minimum absolute atomic E-state index is 0.0888. The quantitative estimate of drug-likeness (QED) is 0.356. The number of benzene rings is 1. The highest BCUT2D eigenvalue weighted by atomic mass is 35.5. The van der Waals surface area contributed by atoms with E-state index in [9.17, 15) is 13.2 Å². The highest BCUT2D eigenvalue weighted by Gasteiger charge is 2.36. The van der Waals surface area contributed by atoms with Crippen molar-refractivity contribution in [3.05, 3.63) is 46.1 Å². The first-order valence-electron chi connectivity index (χ1n) is 13.1. The molecule has 7 nitrogen and oxygen atoms in total. The number of ether oxygens (including phenoxy) is 2. The lowest BCUT2D eigenvalue weighted by Gasteiger charge is -2.33. The van der Waals surface area contributed by atoms with Gasteiger partial charge < -0.3 is 14.4 Å². The second-order valence-corrected chi connectivity index (χ2v) is 12.6. The maximum Gasteiger partial charge on any atom is 0.240 e. The molecule has 0 aliphatic carbocycles. The summed E-state index contributed by atoms with van der Waals surface area (Å²) in [6, 6.07) is 3.70. The lowest BCUT2D eigenvalue weighted by atomic mass is 9.84. The van der Waals surface area contributed by atoms with Crippen molar-refractivity contribution in [3.8, 4) is 11.5 Å². The number of hydrogen-bond acceptors (Lipinski definition) is 6. The van der Waals surface area contributed by atoms with E-state index >= 15 is 0 Å². The van der Waals surface area contributed by atoms with Crippen LogP contribution in [0, 0.1) is 11.8 Å². The summed E-state index contributed by atoms with van der Waals surface area (Å²) in [6.07, 6.45) is 8.57. The summed E-state index contributed by atoms with van der Waals surface area (Å²) in [7, 11) is -0.454. The van der Waals surface area contributed by atoms with Gasteiger partial charge in [0.2, 0.25) is 10.0 Å². The van der Waals surface area contributed by atoms with Crippen molar-refractivity contribution < 1.29 is 22.7 Å². The topological polar surface area (TPSA) is 76.2 Å². The first-order chi connectivity index (χ1) is 17.5. The smallest absolute Gasteiger partial charge is 0.240 e. The predicted molar refractivity (Wildman–Crippen MR) is 148 cm³/mol. The SMILES string of the molecule is CCC(CC(=O)C1CCN(S(=O)(=O)C2=CN(C(C)C)C=CCC2C)CC1)c1c(Cl)cc(OC)cc1OC. The fourth-order valence-corrected chi connectivity index (χ4v) is 7.35. The van der Waals surface area contributed by atoms with Gasteiger partial charge in [-0.3, -0.25) is 4.79 Å². The van der Waals surface area contributed by atoms with Crippen molar-refractivity contribution in [3.63, 3.8) is 0 Å². The Bertz CT molecular complexity index is 1120. The molecule has 1 fully saturated rings. The van der Waals surface area contributed by atoms with Crippen LogP contribution in [0.4, 0.5) is 0 Å². The fraction of sp³-hybridized carbons (Fsp3) is 0.607. The van der Waals surface area contributed by atoms with E-state index in [1.165, 1.54) is 0 Å². The zero-order valence-electron chi connectivity index (χ0n) is 22.9. The van der Waals surface area contributed by atoms with Crippen LogP contribution in [0.2, 0.25) is 5.02 Å². The number of allylic oxidation sites excluding steroid dienone is 2. The third-order valence-corrected chi connectivity index (χ3v) is 10.0. The van der Waals surface area contributed by atoms with Gasteiger partial charge in [-0.1, -0.05) is 31.5 Å². The molecule has 0 aromatic heterocycles. The van der Waals surface area contributed by atoms with Crippen molar-refractivity contribution >= 4 is 27.4 Å². The van der Waals surface area contributed by atoms with Crippen LogP contribution in [0.25, 0.3) is 0 Å². The number of Topliss-reactive ketones (excluding diaryl/α,β-unsaturated/α-hetero) is 1. The normalized spacial score (nSPS) is 20.5. The van der Waals surface area contributed by atoms with Crippen LogP contribution in [0.5, 0.6) is 11.5 Å². The molecule has 2 unspecified atom stereocenters. The van der Waals surface area contributed by atoms with Gasteiger partial charge in [-0.25, -0.2) is 8.42 Å². The lowest BCUT2D eigenvalue weighted by Crippen LogP contribution is -2.42. The van der Waals surface area contributed by atoms with Gasteiger partial charge in [0.15, 0.2) is 0 Å². The second kappa shape index (κ2) is 12.7. The van der Waals surface area contributed by atoms with E-state index in [-0.39, 0.29) is 29.6 Å². The summed E-state index contributed by atoms with van der Waals surface area (Å²) >= 11 is 6.57. The molecule has 2 aliphatic rings. The Morgan fingerprint density at radius 3 is 2.41 bits per heavy atom. The molecule has 0 saturated carbocycles. The monoisotopic (exact) mass is 552 g/mol. The van der Waals surface area contributed by atoms with E-state index in [4.69, 9.17) is 21.1 Å². The van der Waals surface area contributed by atoms with E-state index < -0.39 is 10.0 Å². The van der Waals surface area contributed by atoms with Crippen molar-refractivity contribution in [2.24, 2.45) is 11.8 Å².